The number of allylic oxidation sites excluding steroid dienone is 2. The largest absolute Gasteiger partial charge is 0.383 e. The molecule has 0 saturated carbocycles. The van der Waals surface area contributed by atoms with Gasteiger partial charge in [0.25, 0.3) is 11.8 Å². The molecule has 1 saturated heterocycles. The molecule has 1 aromatic carbocycles. The molecule has 2 rings (SSSR count). The molecule has 1 heterocycles. The van der Waals surface area contributed by atoms with Crippen LogP contribution in [0, 0.1) is 0 Å². The minimum Gasteiger partial charge on any atom is -0.383 e. The van der Waals surface area contributed by atoms with E-state index in [0.29, 0.717) is 10.7 Å². The Balaban J connectivity index is 2.35. The number of anilines is 1. The topological polar surface area (TPSA) is 52.7 Å². The molecule has 0 bridgehead atoms. The highest BCUT2D eigenvalue weighted by molar-refractivity contribution is 7.80. The summed E-state index contributed by atoms with van der Waals surface area (Å²) in [6.45, 7) is 0. The molecule has 0 aliphatic carbocycles. The first-order valence-corrected chi connectivity index (χ1v) is 7.19. The zero-order valence-electron chi connectivity index (χ0n) is 12.0. The average molecular weight is 336 g/mol. The number of benzene rings is 1. The second-order valence-corrected chi connectivity index (χ2v) is 5.58. The van der Waals surface area contributed by atoms with Crippen LogP contribution in [0.4, 0.5) is 5.69 Å². The summed E-state index contributed by atoms with van der Waals surface area (Å²) >= 11 is 10.9. The standard InChI is InChI=1S/C15H14ClN3O2S/c1-18(2)9-3-4-12-13(20)17-15(22)19(14(12)21)11-7-5-10(16)6-8-11/h3-9H,1-2H3,(H,17,20,22)/b9-3+,12-4-. The normalized spacial score (nSPS) is 17.3. The Labute approximate surface area is 138 Å². The molecule has 5 nitrogen and oxygen atoms in total. The SMILES string of the molecule is CN(C)/C=C/C=C1/C(=O)NC(=S)N(c2ccc(Cl)cc2)C1=O. The zero-order valence-corrected chi connectivity index (χ0v) is 13.6. The molecule has 0 atom stereocenters. The Kier molecular flexibility index (Phi) is 4.95. The van der Waals surface area contributed by atoms with Gasteiger partial charge in [-0.05, 0) is 54.8 Å². The van der Waals surface area contributed by atoms with Gasteiger partial charge in [-0.25, -0.2) is 0 Å². The maximum atomic E-state index is 12.5. The summed E-state index contributed by atoms with van der Waals surface area (Å²) in [5.41, 5.74) is 0.559. The molecule has 7 heteroatoms. The number of rotatable bonds is 3. The number of amides is 2. The van der Waals surface area contributed by atoms with Crippen LogP contribution in [0.1, 0.15) is 0 Å². The van der Waals surface area contributed by atoms with Gasteiger partial charge >= 0.3 is 0 Å². The fraction of sp³-hybridized carbons (Fsp3) is 0.133. The van der Waals surface area contributed by atoms with Crippen molar-refractivity contribution >= 4 is 46.4 Å². The van der Waals surface area contributed by atoms with Gasteiger partial charge in [-0.1, -0.05) is 11.6 Å². The molecule has 0 radical (unpaired) electrons. The lowest BCUT2D eigenvalue weighted by molar-refractivity contribution is -0.122. The van der Waals surface area contributed by atoms with Crippen molar-refractivity contribution < 1.29 is 9.59 Å². The predicted octanol–water partition coefficient (Wildman–Crippen LogP) is 2.09. The molecule has 1 N–H and O–H groups in total. The van der Waals surface area contributed by atoms with E-state index in [9.17, 15) is 9.59 Å². The van der Waals surface area contributed by atoms with Crippen molar-refractivity contribution in [2.75, 3.05) is 19.0 Å². The smallest absolute Gasteiger partial charge is 0.270 e. The quantitative estimate of drug-likeness (QED) is 0.522. The van der Waals surface area contributed by atoms with Gasteiger partial charge in [0, 0.05) is 19.1 Å². The van der Waals surface area contributed by atoms with E-state index in [1.807, 2.05) is 14.1 Å². The molecule has 1 aromatic rings. The third-order valence-corrected chi connectivity index (χ3v) is 3.37. The number of carbonyl (C=O) groups excluding carboxylic acids is 2. The fourth-order valence-electron chi connectivity index (χ4n) is 1.81. The number of nitrogens with one attached hydrogen (secondary N) is 1. The van der Waals surface area contributed by atoms with Crippen LogP contribution in [0.3, 0.4) is 0 Å². The highest BCUT2D eigenvalue weighted by Gasteiger charge is 2.33. The number of thiocarbonyl (C=S) groups is 1. The molecular weight excluding hydrogens is 322 g/mol. The van der Waals surface area contributed by atoms with Crippen LogP contribution in [0.2, 0.25) is 5.02 Å². The van der Waals surface area contributed by atoms with Crippen molar-refractivity contribution in [1.29, 1.82) is 0 Å². The molecule has 1 aliphatic heterocycles. The molecule has 1 aliphatic rings. The first-order chi connectivity index (χ1) is 10.4. The van der Waals surface area contributed by atoms with Gasteiger partial charge in [-0.2, -0.15) is 0 Å². The minimum atomic E-state index is -0.511. The number of halogens is 1. The molecule has 22 heavy (non-hydrogen) atoms. The van der Waals surface area contributed by atoms with E-state index in [2.05, 4.69) is 5.32 Å². The second-order valence-electron chi connectivity index (χ2n) is 4.76. The monoisotopic (exact) mass is 335 g/mol. The maximum absolute atomic E-state index is 12.5. The summed E-state index contributed by atoms with van der Waals surface area (Å²) < 4.78 is 0. The van der Waals surface area contributed by atoms with Crippen LogP contribution < -0.4 is 10.2 Å². The van der Waals surface area contributed by atoms with Crippen molar-refractivity contribution in [2.45, 2.75) is 0 Å². The summed E-state index contributed by atoms with van der Waals surface area (Å²) in [5, 5.41) is 3.11. The van der Waals surface area contributed by atoms with Gasteiger partial charge < -0.3 is 4.90 Å². The van der Waals surface area contributed by atoms with E-state index in [-0.39, 0.29) is 10.7 Å². The number of carbonyl (C=O) groups is 2. The molecule has 0 aromatic heterocycles. The van der Waals surface area contributed by atoms with Gasteiger partial charge in [0.15, 0.2) is 5.11 Å². The van der Waals surface area contributed by atoms with Crippen molar-refractivity contribution in [2.24, 2.45) is 0 Å². The van der Waals surface area contributed by atoms with Crippen LogP contribution in [0.5, 0.6) is 0 Å². The van der Waals surface area contributed by atoms with Gasteiger partial charge in [-0.15, -0.1) is 0 Å². The van der Waals surface area contributed by atoms with Crippen LogP contribution in [0.15, 0.2) is 48.2 Å². The third-order valence-electron chi connectivity index (χ3n) is 2.83. The highest BCUT2D eigenvalue weighted by Crippen LogP contribution is 2.22. The van der Waals surface area contributed by atoms with Gasteiger partial charge in [-0.3, -0.25) is 19.8 Å². The Morgan fingerprint density at radius 1 is 1.23 bits per heavy atom. The van der Waals surface area contributed by atoms with E-state index in [4.69, 9.17) is 23.8 Å². The molecular formula is C15H14ClN3O2S. The van der Waals surface area contributed by atoms with E-state index < -0.39 is 11.8 Å². The highest BCUT2D eigenvalue weighted by atomic mass is 35.5. The van der Waals surface area contributed by atoms with E-state index >= 15 is 0 Å². The predicted molar refractivity (Wildman–Crippen MR) is 90.6 cm³/mol. The van der Waals surface area contributed by atoms with Gasteiger partial charge in [0.05, 0.1) is 5.69 Å². The fourth-order valence-corrected chi connectivity index (χ4v) is 2.22. The third kappa shape index (κ3) is 3.52. The number of hydrogen-bond donors (Lipinski definition) is 1. The first kappa shape index (κ1) is 16.2. The van der Waals surface area contributed by atoms with Crippen LogP contribution in [0.25, 0.3) is 0 Å². The molecule has 2 amide bonds. The Morgan fingerprint density at radius 3 is 2.45 bits per heavy atom. The van der Waals surface area contributed by atoms with Crippen molar-refractivity contribution in [1.82, 2.24) is 10.2 Å². The van der Waals surface area contributed by atoms with E-state index in [1.54, 1.807) is 41.4 Å². The summed E-state index contributed by atoms with van der Waals surface area (Å²) in [6.07, 6.45) is 4.82. The molecule has 0 spiro atoms. The first-order valence-electron chi connectivity index (χ1n) is 6.40. The summed E-state index contributed by atoms with van der Waals surface area (Å²) in [4.78, 5) is 27.5. The summed E-state index contributed by atoms with van der Waals surface area (Å²) in [5.74, 6) is -0.983. The Bertz CT molecular complexity index is 681. The van der Waals surface area contributed by atoms with Crippen LogP contribution in [-0.4, -0.2) is 35.9 Å². The minimum absolute atomic E-state index is 0.0154. The Hall–Kier alpha value is -2.18. The Morgan fingerprint density at radius 2 is 1.86 bits per heavy atom. The summed E-state index contributed by atoms with van der Waals surface area (Å²) in [6, 6.07) is 6.63. The van der Waals surface area contributed by atoms with Crippen LogP contribution in [-0.2, 0) is 9.59 Å². The van der Waals surface area contributed by atoms with Gasteiger partial charge in [0.2, 0.25) is 0 Å². The second kappa shape index (κ2) is 6.72. The van der Waals surface area contributed by atoms with Gasteiger partial charge in [0.1, 0.15) is 5.57 Å². The number of nitrogens with zero attached hydrogens (tertiary/aromatic N) is 2. The lowest BCUT2D eigenvalue weighted by Crippen LogP contribution is -2.54. The van der Waals surface area contributed by atoms with Crippen molar-refractivity contribution in [3.05, 3.63) is 53.2 Å². The van der Waals surface area contributed by atoms with E-state index in [1.165, 1.54) is 11.0 Å². The maximum Gasteiger partial charge on any atom is 0.270 e. The summed E-state index contributed by atoms with van der Waals surface area (Å²) in [7, 11) is 3.68. The molecule has 114 valence electrons. The average Bonchev–Trinajstić information content (AvgIpc) is 2.44. The van der Waals surface area contributed by atoms with E-state index in [0.717, 1.165) is 0 Å². The van der Waals surface area contributed by atoms with Crippen molar-refractivity contribution in [3.63, 3.8) is 0 Å². The zero-order chi connectivity index (χ0) is 16.3. The molecule has 1 fully saturated rings. The van der Waals surface area contributed by atoms with Crippen molar-refractivity contribution in [3.8, 4) is 0 Å². The lowest BCUT2D eigenvalue weighted by atomic mass is 10.1. The molecule has 0 unspecified atom stereocenters. The lowest BCUT2D eigenvalue weighted by Gasteiger charge is -2.28. The van der Waals surface area contributed by atoms with Crippen LogP contribution >= 0.6 is 23.8 Å². The number of hydrogen-bond acceptors (Lipinski definition) is 4.